The van der Waals surface area contributed by atoms with Crippen molar-refractivity contribution in [2.24, 2.45) is 0 Å². The van der Waals surface area contributed by atoms with Gasteiger partial charge < -0.3 is 15.5 Å². The Hall–Kier alpha value is -3.06. The summed E-state index contributed by atoms with van der Waals surface area (Å²) in [5.74, 6) is 0.501. The molecule has 3 aromatic rings. The Balaban J connectivity index is 2.13. The van der Waals surface area contributed by atoms with Crippen molar-refractivity contribution in [3.63, 3.8) is 0 Å². The van der Waals surface area contributed by atoms with Crippen LogP contribution in [-0.2, 0) is 6.42 Å². The number of aromatic nitrogens is 3. The summed E-state index contributed by atoms with van der Waals surface area (Å²) < 4.78 is 2.20. The summed E-state index contributed by atoms with van der Waals surface area (Å²) in [5.41, 5.74) is 5.20. The van der Waals surface area contributed by atoms with E-state index in [0.717, 1.165) is 28.2 Å². The highest BCUT2D eigenvalue weighted by molar-refractivity contribution is 7.71. The number of nitrogens with one attached hydrogen (secondary N) is 2. The van der Waals surface area contributed by atoms with Crippen molar-refractivity contribution in [1.29, 1.82) is 0 Å². The Bertz CT molecular complexity index is 1110. The summed E-state index contributed by atoms with van der Waals surface area (Å²) in [6.45, 7) is 7.95. The van der Waals surface area contributed by atoms with Crippen LogP contribution >= 0.6 is 12.2 Å². The van der Waals surface area contributed by atoms with Gasteiger partial charge in [0.2, 0.25) is 0 Å². The second-order valence-electron chi connectivity index (χ2n) is 6.64. The van der Waals surface area contributed by atoms with Gasteiger partial charge in [0.1, 0.15) is 11.5 Å². The molecule has 0 saturated carbocycles. The number of nitrogens with zero attached hydrogens (tertiary/aromatic N) is 2. The maximum Gasteiger partial charge on any atom is 0.200 e. The van der Waals surface area contributed by atoms with E-state index in [4.69, 9.17) is 12.2 Å². The number of benzene rings is 2. The van der Waals surface area contributed by atoms with Gasteiger partial charge in [0.15, 0.2) is 10.6 Å². The Kier molecular flexibility index (Phi) is 5.56. The number of aryl methyl sites for hydroxylation is 2. The van der Waals surface area contributed by atoms with Crippen molar-refractivity contribution in [1.82, 2.24) is 14.8 Å². The van der Waals surface area contributed by atoms with Crippen LogP contribution in [0.3, 0.4) is 0 Å². The van der Waals surface area contributed by atoms with E-state index >= 15 is 0 Å². The third kappa shape index (κ3) is 3.66. The van der Waals surface area contributed by atoms with E-state index in [1.807, 2.05) is 52.0 Å². The minimum absolute atomic E-state index is 0.0522. The van der Waals surface area contributed by atoms with Crippen LogP contribution in [0.4, 0.5) is 5.69 Å². The molecule has 0 bridgehead atoms. The first-order valence-electron chi connectivity index (χ1n) is 9.09. The molecule has 1 aromatic heterocycles. The maximum atomic E-state index is 10.4. The van der Waals surface area contributed by atoms with Crippen molar-refractivity contribution in [3.05, 3.63) is 58.0 Å². The summed E-state index contributed by atoms with van der Waals surface area (Å²) in [6.07, 6.45) is 2.64. The number of rotatable bonds is 5. The highest BCUT2D eigenvalue weighted by Gasteiger charge is 2.17. The first-order chi connectivity index (χ1) is 13.3. The van der Waals surface area contributed by atoms with Crippen LogP contribution in [0, 0.1) is 11.7 Å². The van der Waals surface area contributed by atoms with Gasteiger partial charge in [0.05, 0.1) is 11.3 Å². The predicted octanol–water partition coefficient (Wildman–Crippen LogP) is 5.21. The molecule has 0 spiro atoms. The van der Waals surface area contributed by atoms with Crippen LogP contribution in [0.2, 0.25) is 0 Å². The van der Waals surface area contributed by atoms with Crippen molar-refractivity contribution < 1.29 is 10.2 Å². The van der Waals surface area contributed by atoms with Gasteiger partial charge in [0.25, 0.3) is 0 Å². The standard InChI is InChI=1S/C21H24N4O2S/c1-5-13(4)22-17-8-7-15(9-12(17)3)25-20(23-24-21(25)28)16-10-14(6-2)18(26)11-19(16)27/h5,7-11,22,26-27H,6H2,1-4H3,(H,24,28)/b13-5+. The summed E-state index contributed by atoms with van der Waals surface area (Å²) >= 11 is 5.44. The van der Waals surface area contributed by atoms with Crippen LogP contribution in [0.1, 0.15) is 31.9 Å². The number of phenolic OH excluding ortho intramolecular Hbond substituents is 2. The van der Waals surface area contributed by atoms with Crippen LogP contribution in [0.25, 0.3) is 17.1 Å². The summed E-state index contributed by atoms with van der Waals surface area (Å²) in [7, 11) is 0. The molecule has 0 saturated heterocycles. The average Bonchev–Trinajstić information content (AvgIpc) is 3.04. The quantitative estimate of drug-likeness (QED) is 0.445. The van der Waals surface area contributed by atoms with Gasteiger partial charge in [-0.15, -0.1) is 0 Å². The molecule has 4 N–H and O–H groups in total. The Morgan fingerprint density at radius 1 is 1.25 bits per heavy atom. The van der Waals surface area contributed by atoms with Gasteiger partial charge in [-0.25, -0.2) is 0 Å². The van der Waals surface area contributed by atoms with Gasteiger partial charge in [-0.3, -0.25) is 9.67 Å². The molecule has 3 rings (SSSR count). The molecule has 0 aliphatic heterocycles. The molecule has 2 aromatic carbocycles. The lowest BCUT2D eigenvalue weighted by atomic mass is 10.1. The second-order valence-corrected chi connectivity index (χ2v) is 7.02. The van der Waals surface area contributed by atoms with Gasteiger partial charge in [-0.05, 0) is 74.8 Å². The molecule has 146 valence electrons. The summed E-state index contributed by atoms with van der Waals surface area (Å²) in [5, 5.41) is 30.9. The molecule has 6 nitrogen and oxygen atoms in total. The minimum atomic E-state index is -0.0522. The normalized spacial score (nSPS) is 11.6. The molecule has 0 aliphatic carbocycles. The van der Waals surface area contributed by atoms with Gasteiger partial charge in [-0.2, -0.15) is 5.10 Å². The van der Waals surface area contributed by atoms with E-state index in [1.165, 1.54) is 6.07 Å². The van der Waals surface area contributed by atoms with Gasteiger partial charge in [0, 0.05) is 17.5 Å². The molecule has 1 heterocycles. The fraction of sp³-hybridized carbons (Fsp3) is 0.238. The summed E-state index contributed by atoms with van der Waals surface area (Å²) in [6, 6.07) is 9.03. The first-order valence-corrected chi connectivity index (χ1v) is 9.50. The molecular weight excluding hydrogens is 372 g/mol. The lowest BCUT2D eigenvalue weighted by Gasteiger charge is -2.14. The number of allylic oxidation sites excluding steroid dienone is 2. The number of hydrogen-bond donors (Lipinski definition) is 4. The van der Waals surface area contributed by atoms with Crippen LogP contribution in [0.5, 0.6) is 11.5 Å². The van der Waals surface area contributed by atoms with E-state index in [9.17, 15) is 10.2 Å². The van der Waals surface area contributed by atoms with E-state index in [-0.39, 0.29) is 11.5 Å². The largest absolute Gasteiger partial charge is 0.508 e. The van der Waals surface area contributed by atoms with Crippen LogP contribution < -0.4 is 5.32 Å². The van der Waals surface area contributed by atoms with Crippen LogP contribution in [-0.4, -0.2) is 25.0 Å². The minimum Gasteiger partial charge on any atom is -0.508 e. The lowest BCUT2D eigenvalue weighted by molar-refractivity contribution is 0.447. The fourth-order valence-corrected chi connectivity index (χ4v) is 3.25. The number of anilines is 1. The average molecular weight is 397 g/mol. The Labute approximate surface area is 169 Å². The Morgan fingerprint density at radius 3 is 2.64 bits per heavy atom. The summed E-state index contributed by atoms with van der Waals surface area (Å²) in [4.78, 5) is 0. The monoisotopic (exact) mass is 396 g/mol. The molecule has 0 fully saturated rings. The van der Waals surface area contributed by atoms with E-state index < -0.39 is 0 Å². The zero-order chi connectivity index (χ0) is 20.4. The number of phenols is 2. The third-order valence-electron chi connectivity index (χ3n) is 4.72. The topological polar surface area (TPSA) is 86.1 Å². The number of H-pyrrole nitrogens is 1. The Morgan fingerprint density at radius 2 is 2.00 bits per heavy atom. The first kappa shape index (κ1) is 19.7. The smallest absolute Gasteiger partial charge is 0.200 e. The number of hydrogen-bond acceptors (Lipinski definition) is 5. The van der Waals surface area contributed by atoms with Crippen molar-refractivity contribution in [2.75, 3.05) is 5.32 Å². The number of aromatic amines is 1. The molecule has 0 amide bonds. The van der Waals surface area contributed by atoms with Gasteiger partial charge in [-0.1, -0.05) is 13.0 Å². The third-order valence-corrected chi connectivity index (χ3v) is 5.00. The van der Waals surface area contributed by atoms with Crippen molar-refractivity contribution in [3.8, 4) is 28.6 Å². The molecule has 0 atom stereocenters. The van der Waals surface area contributed by atoms with E-state index in [1.54, 1.807) is 10.6 Å². The van der Waals surface area contributed by atoms with E-state index in [2.05, 4.69) is 15.5 Å². The zero-order valence-electron chi connectivity index (χ0n) is 16.4. The molecule has 0 radical (unpaired) electrons. The molecule has 0 unspecified atom stereocenters. The van der Waals surface area contributed by atoms with Crippen molar-refractivity contribution >= 4 is 17.9 Å². The van der Waals surface area contributed by atoms with Gasteiger partial charge >= 0.3 is 0 Å². The highest BCUT2D eigenvalue weighted by atomic mass is 32.1. The second kappa shape index (κ2) is 7.90. The molecule has 28 heavy (non-hydrogen) atoms. The van der Waals surface area contributed by atoms with Crippen molar-refractivity contribution in [2.45, 2.75) is 34.1 Å². The van der Waals surface area contributed by atoms with Crippen LogP contribution in [0.15, 0.2) is 42.1 Å². The molecular formula is C21H24N4O2S. The lowest BCUT2D eigenvalue weighted by Crippen LogP contribution is -2.02. The zero-order valence-corrected chi connectivity index (χ0v) is 17.2. The molecule has 0 aliphatic rings. The predicted molar refractivity (Wildman–Crippen MR) is 115 cm³/mol. The maximum absolute atomic E-state index is 10.4. The SMILES string of the molecule is C/C=C(\C)Nc1ccc(-n2c(-c3cc(CC)c(O)cc3O)n[nH]c2=S)cc1C. The number of aromatic hydroxyl groups is 2. The highest BCUT2D eigenvalue weighted by Crippen LogP contribution is 2.35. The molecule has 7 heteroatoms. The fourth-order valence-electron chi connectivity index (χ4n) is 3.01. The van der Waals surface area contributed by atoms with E-state index in [0.29, 0.717) is 22.6 Å².